The van der Waals surface area contributed by atoms with E-state index in [1.165, 1.54) is 12.1 Å². The Hall–Kier alpha value is -3.19. The molecule has 31 heavy (non-hydrogen) atoms. The minimum absolute atomic E-state index is 0.0292. The number of phenols is 1. The number of non-ortho nitro benzene ring substituents is 1. The van der Waals surface area contributed by atoms with E-state index in [9.17, 15) is 15.2 Å². The minimum atomic E-state index is -0.425. The molecule has 2 aromatic carbocycles. The zero-order valence-electron chi connectivity index (χ0n) is 18.9. The molecular weight excluding hydrogens is 392 g/mol. The van der Waals surface area contributed by atoms with Gasteiger partial charge in [0.2, 0.25) is 0 Å². The zero-order valence-corrected chi connectivity index (χ0v) is 18.9. The molecule has 1 aromatic heterocycles. The lowest BCUT2D eigenvalue weighted by Crippen LogP contribution is -2.17. The van der Waals surface area contributed by atoms with Gasteiger partial charge in [0.15, 0.2) is 0 Å². The third kappa shape index (κ3) is 4.46. The summed E-state index contributed by atoms with van der Waals surface area (Å²) in [7, 11) is 0. The first-order valence-corrected chi connectivity index (χ1v) is 10.2. The van der Waals surface area contributed by atoms with Gasteiger partial charge in [0, 0.05) is 40.7 Å². The second-order valence-corrected chi connectivity index (χ2v) is 9.81. The first-order chi connectivity index (χ1) is 14.3. The summed E-state index contributed by atoms with van der Waals surface area (Å²) in [4.78, 5) is 15.3. The molecule has 0 unspecified atom stereocenters. The van der Waals surface area contributed by atoms with Crippen molar-refractivity contribution in [3.63, 3.8) is 0 Å². The van der Waals surface area contributed by atoms with Crippen LogP contribution in [0.1, 0.15) is 58.5 Å². The average molecular weight is 423 g/mol. The van der Waals surface area contributed by atoms with Gasteiger partial charge in [-0.25, -0.2) is 4.98 Å². The summed E-state index contributed by atoms with van der Waals surface area (Å²) in [6.45, 7) is 12.6. The van der Waals surface area contributed by atoms with E-state index >= 15 is 0 Å². The van der Waals surface area contributed by atoms with Gasteiger partial charge in [0.05, 0.1) is 17.2 Å². The van der Waals surface area contributed by atoms with E-state index in [1.54, 1.807) is 12.1 Å². The van der Waals surface area contributed by atoms with Crippen molar-refractivity contribution in [1.82, 2.24) is 9.55 Å². The Bertz CT molecular complexity index is 1080. The highest BCUT2D eigenvalue weighted by molar-refractivity contribution is 5.66. The number of hydrogen-bond donors (Lipinski definition) is 2. The summed E-state index contributed by atoms with van der Waals surface area (Å²) >= 11 is 0. The molecule has 0 aliphatic carbocycles. The van der Waals surface area contributed by atoms with Gasteiger partial charge in [-0.2, -0.15) is 0 Å². The van der Waals surface area contributed by atoms with Gasteiger partial charge in [-0.3, -0.25) is 10.1 Å². The number of aromatic hydroxyl groups is 1. The Morgan fingerprint density at radius 1 is 1.03 bits per heavy atom. The van der Waals surface area contributed by atoms with Gasteiger partial charge >= 0.3 is 0 Å². The topological polar surface area (TPSA) is 107 Å². The van der Waals surface area contributed by atoms with Crippen LogP contribution in [0.25, 0.3) is 16.9 Å². The van der Waals surface area contributed by atoms with Crippen LogP contribution in [-0.2, 0) is 17.4 Å². The third-order valence-corrected chi connectivity index (χ3v) is 5.32. The molecule has 0 bridgehead atoms. The highest BCUT2D eigenvalue weighted by Gasteiger charge is 2.27. The van der Waals surface area contributed by atoms with Crippen molar-refractivity contribution >= 4 is 5.69 Å². The van der Waals surface area contributed by atoms with Gasteiger partial charge in [-0.05, 0) is 35.1 Å². The number of phenolic OH excluding ortho intramolecular Hbond substituents is 1. The van der Waals surface area contributed by atoms with E-state index in [2.05, 4.69) is 41.5 Å². The van der Waals surface area contributed by atoms with Crippen LogP contribution >= 0.6 is 0 Å². The number of benzene rings is 2. The van der Waals surface area contributed by atoms with Gasteiger partial charge in [0.25, 0.3) is 5.69 Å². The zero-order chi connectivity index (χ0) is 23.1. The van der Waals surface area contributed by atoms with Crippen LogP contribution in [0.15, 0.2) is 42.6 Å². The molecule has 0 atom stereocenters. The molecule has 0 aliphatic rings. The van der Waals surface area contributed by atoms with Crippen molar-refractivity contribution in [2.45, 2.75) is 58.9 Å². The molecule has 0 aliphatic heterocycles. The first-order valence-electron chi connectivity index (χ1n) is 10.2. The van der Waals surface area contributed by atoms with E-state index in [0.717, 1.165) is 28.1 Å². The number of rotatable bonds is 4. The van der Waals surface area contributed by atoms with Crippen molar-refractivity contribution in [2.24, 2.45) is 5.73 Å². The van der Waals surface area contributed by atoms with Crippen LogP contribution in [0.5, 0.6) is 5.75 Å². The van der Waals surface area contributed by atoms with E-state index < -0.39 is 4.92 Å². The lowest BCUT2D eigenvalue weighted by molar-refractivity contribution is -0.384. The van der Waals surface area contributed by atoms with Crippen LogP contribution in [0.4, 0.5) is 5.69 Å². The Balaban J connectivity index is 2.18. The highest BCUT2D eigenvalue weighted by Crippen LogP contribution is 2.42. The Morgan fingerprint density at radius 2 is 1.55 bits per heavy atom. The average Bonchev–Trinajstić information content (AvgIpc) is 3.10. The lowest BCUT2D eigenvalue weighted by atomic mass is 9.78. The quantitative estimate of drug-likeness (QED) is 0.443. The minimum Gasteiger partial charge on any atom is -0.507 e. The molecule has 1 heterocycles. The Morgan fingerprint density at radius 3 is 1.97 bits per heavy atom. The fourth-order valence-electron chi connectivity index (χ4n) is 3.59. The molecule has 0 saturated carbocycles. The van der Waals surface area contributed by atoms with Gasteiger partial charge < -0.3 is 15.4 Å². The number of nitro groups is 1. The van der Waals surface area contributed by atoms with Crippen molar-refractivity contribution in [3.8, 4) is 22.7 Å². The maximum absolute atomic E-state index is 11.0. The number of nitrogens with two attached hydrogens (primary N) is 1. The fourth-order valence-corrected chi connectivity index (χ4v) is 3.59. The predicted octanol–water partition coefficient (Wildman–Crippen LogP) is 5.21. The second-order valence-electron chi connectivity index (χ2n) is 9.81. The normalized spacial score (nSPS) is 12.2. The van der Waals surface area contributed by atoms with E-state index in [0.29, 0.717) is 11.6 Å². The molecule has 7 nitrogen and oxygen atoms in total. The fraction of sp³-hybridized carbons (Fsp3) is 0.375. The number of imidazole rings is 1. The van der Waals surface area contributed by atoms with Crippen LogP contribution in [0.3, 0.4) is 0 Å². The smallest absolute Gasteiger partial charge is 0.269 e. The molecule has 0 fully saturated rings. The predicted molar refractivity (Wildman–Crippen MR) is 123 cm³/mol. The van der Waals surface area contributed by atoms with Crippen LogP contribution in [0, 0.1) is 10.1 Å². The lowest BCUT2D eigenvalue weighted by Gasteiger charge is -2.28. The highest BCUT2D eigenvalue weighted by atomic mass is 16.6. The largest absolute Gasteiger partial charge is 0.507 e. The summed E-state index contributed by atoms with van der Waals surface area (Å²) in [5.74, 6) is 0.962. The van der Waals surface area contributed by atoms with E-state index in [1.807, 2.05) is 22.9 Å². The monoisotopic (exact) mass is 422 g/mol. The Kier molecular flexibility index (Phi) is 5.67. The maximum atomic E-state index is 11.0. The molecule has 0 saturated heterocycles. The molecule has 3 N–H and O–H groups in total. The van der Waals surface area contributed by atoms with Gasteiger partial charge in [-0.15, -0.1) is 0 Å². The number of nitro benzene ring substituents is 1. The van der Waals surface area contributed by atoms with Crippen LogP contribution in [-0.4, -0.2) is 19.6 Å². The van der Waals surface area contributed by atoms with E-state index in [4.69, 9.17) is 10.7 Å². The molecule has 7 heteroatoms. The molecule has 0 radical (unpaired) electrons. The molecular formula is C24H30N4O3. The number of nitrogens with zero attached hydrogens (tertiary/aromatic N) is 3. The summed E-state index contributed by atoms with van der Waals surface area (Å²) < 4.78 is 1.85. The van der Waals surface area contributed by atoms with E-state index in [-0.39, 0.29) is 23.1 Å². The Labute approximate surface area is 182 Å². The van der Waals surface area contributed by atoms with Crippen molar-refractivity contribution in [3.05, 3.63) is 69.7 Å². The molecule has 164 valence electrons. The van der Waals surface area contributed by atoms with Crippen LogP contribution < -0.4 is 5.73 Å². The van der Waals surface area contributed by atoms with Gasteiger partial charge in [0.1, 0.15) is 11.6 Å². The van der Waals surface area contributed by atoms with Crippen molar-refractivity contribution < 1.29 is 10.0 Å². The van der Waals surface area contributed by atoms with Crippen molar-refractivity contribution in [2.75, 3.05) is 0 Å². The standard InChI is InChI=1S/C24H30N4O3/c1-23(2,3)18-11-15(12-19(22(18)29)24(4,5)6)20-14-27(21(13-25)26-20)16-7-9-17(10-8-16)28(30)31/h7-12,14,29H,13,25H2,1-6H3. The molecule has 0 amide bonds. The van der Waals surface area contributed by atoms with Crippen LogP contribution in [0.2, 0.25) is 0 Å². The molecule has 3 rings (SSSR count). The molecule has 3 aromatic rings. The number of aromatic nitrogens is 2. The summed E-state index contributed by atoms with van der Waals surface area (Å²) in [5.41, 5.74) is 9.55. The third-order valence-electron chi connectivity index (χ3n) is 5.32. The summed E-state index contributed by atoms with van der Waals surface area (Å²) in [6.07, 6.45) is 1.88. The first kappa shape index (κ1) is 22.5. The maximum Gasteiger partial charge on any atom is 0.269 e. The number of hydrogen-bond acceptors (Lipinski definition) is 5. The second kappa shape index (κ2) is 7.81. The van der Waals surface area contributed by atoms with Gasteiger partial charge in [-0.1, -0.05) is 41.5 Å². The summed E-state index contributed by atoms with van der Waals surface area (Å²) in [5, 5.41) is 21.9. The molecule has 0 spiro atoms. The van der Waals surface area contributed by atoms with Crippen molar-refractivity contribution in [1.29, 1.82) is 0 Å². The SMILES string of the molecule is CC(C)(C)c1cc(-c2cn(-c3ccc([N+](=O)[O-])cc3)c(CN)n2)cc(C(C)(C)C)c1O. The summed E-state index contributed by atoms with van der Waals surface area (Å²) in [6, 6.07) is 10.2.